The fraction of sp³-hybridized carbons (Fsp3) is 0.586. The summed E-state index contributed by atoms with van der Waals surface area (Å²) in [4.78, 5) is 30.0. The fourth-order valence-corrected chi connectivity index (χ4v) is 3.65. The van der Waals surface area contributed by atoms with Crippen molar-refractivity contribution < 1.29 is 14.3 Å². The van der Waals surface area contributed by atoms with E-state index in [-0.39, 0.29) is 11.8 Å². The highest BCUT2D eigenvalue weighted by molar-refractivity contribution is 5.84. The summed E-state index contributed by atoms with van der Waals surface area (Å²) < 4.78 is 4.54. The van der Waals surface area contributed by atoms with Crippen LogP contribution in [0, 0.1) is 5.92 Å². The molecule has 1 heterocycles. The standard InChI is InChI=1S/C24H35N3O2.C3H8O.C2H6/c1-7-26(8-2)24(29)18(3)12-13-21-10-9-11-23-22(21)15-20(16-27(23)17-28)14-19(4)25(5)6;1-3-4-2;1-2/h9-13,16-19H,7-8,14-15H2,1-6H3;3H2,1-2H3;1-2H3/b13-12+;;/t18?,19-;;/m0../s1. The molecule has 0 saturated heterocycles. The molecule has 0 radical (unpaired) electrons. The number of methoxy groups -OCH3 is 1. The lowest BCUT2D eigenvalue weighted by Crippen LogP contribution is -2.34. The Morgan fingerprint density at radius 2 is 1.74 bits per heavy atom. The van der Waals surface area contributed by atoms with Crippen molar-refractivity contribution in [2.24, 2.45) is 5.92 Å². The fourth-order valence-electron chi connectivity index (χ4n) is 3.65. The van der Waals surface area contributed by atoms with Crippen molar-refractivity contribution in [2.45, 2.75) is 67.3 Å². The zero-order chi connectivity index (χ0) is 27.0. The van der Waals surface area contributed by atoms with Crippen LogP contribution >= 0.6 is 0 Å². The van der Waals surface area contributed by atoms with Crippen molar-refractivity contribution in [3.8, 4) is 0 Å². The van der Waals surface area contributed by atoms with Gasteiger partial charge in [-0.3, -0.25) is 14.5 Å². The molecule has 0 saturated carbocycles. The van der Waals surface area contributed by atoms with Crippen molar-refractivity contribution in [2.75, 3.05) is 45.8 Å². The number of benzene rings is 1. The first kappa shape index (κ1) is 32.6. The van der Waals surface area contributed by atoms with Gasteiger partial charge < -0.3 is 14.5 Å². The zero-order valence-corrected chi connectivity index (χ0v) is 23.8. The number of carbonyl (C=O) groups is 2. The van der Waals surface area contributed by atoms with Gasteiger partial charge in [0, 0.05) is 39.0 Å². The summed E-state index contributed by atoms with van der Waals surface area (Å²) in [7, 11) is 5.82. The smallest absolute Gasteiger partial charge is 0.229 e. The van der Waals surface area contributed by atoms with E-state index in [1.54, 1.807) is 12.0 Å². The van der Waals surface area contributed by atoms with E-state index < -0.39 is 0 Å². The Kier molecular flexibility index (Phi) is 16.7. The van der Waals surface area contributed by atoms with E-state index in [2.05, 4.69) is 36.7 Å². The van der Waals surface area contributed by atoms with Gasteiger partial charge >= 0.3 is 0 Å². The van der Waals surface area contributed by atoms with Gasteiger partial charge in [-0.2, -0.15) is 0 Å². The van der Waals surface area contributed by atoms with Gasteiger partial charge in [0.25, 0.3) is 0 Å². The third-order valence-electron chi connectivity index (χ3n) is 6.06. The molecule has 0 N–H and O–H groups in total. The molecule has 0 aromatic heterocycles. The lowest BCUT2D eigenvalue weighted by Gasteiger charge is -2.29. The van der Waals surface area contributed by atoms with Crippen molar-refractivity contribution in [1.29, 1.82) is 0 Å². The molecule has 198 valence electrons. The maximum Gasteiger partial charge on any atom is 0.229 e. The maximum absolute atomic E-state index is 12.6. The lowest BCUT2D eigenvalue weighted by molar-refractivity contribution is -0.133. The Morgan fingerprint density at radius 1 is 1.14 bits per heavy atom. The monoisotopic (exact) mass is 487 g/mol. The molecule has 1 aliphatic rings. The highest BCUT2D eigenvalue weighted by Gasteiger charge is 2.21. The summed E-state index contributed by atoms with van der Waals surface area (Å²) in [6.45, 7) is 16.4. The van der Waals surface area contributed by atoms with Gasteiger partial charge in [0.05, 0.1) is 11.6 Å². The number of fused-ring (bicyclic) bond motifs is 1. The lowest BCUT2D eigenvalue weighted by atomic mass is 9.91. The molecule has 0 bridgehead atoms. The number of anilines is 1. The van der Waals surface area contributed by atoms with Crippen LogP contribution in [0.3, 0.4) is 0 Å². The van der Waals surface area contributed by atoms with Crippen LogP contribution in [0.2, 0.25) is 0 Å². The van der Waals surface area contributed by atoms with Crippen molar-refractivity contribution in [1.82, 2.24) is 9.80 Å². The number of amides is 2. The number of ether oxygens (including phenoxy) is 1. The molecule has 0 spiro atoms. The minimum atomic E-state index is -0.180. The summed E-state index contributed by atoms with van der Waals surface area (Å²) in [6.07, 6.45) is 8.57. The largest absolute Gasteiger partial charge is 0.385 e. The molecule has 6 nitrogen and oxygen atoms in total. The average molecular weight is 488 g/mol. The van der Waals surface area contributed by atoms with Gasteiger partial charge in [-0.05, 0) is 77.4 Å². The second-order valence-electron chi connectivity index (χ2n) is 8.57. The summed E-state index contributed by atoms with van der Waals surface area (Å²) in [5.74, 6) is -0.0359. The first-order valence-corrected chi connectivity index (χ1v) is 12.9. The number of hydrogen-bond donors (Lipinski definition) is 0. The van der Waals surface area contributed by atoms with Crippen molar-refractivity contribution in [3.63, 3.8) is 0 Å². The SMILES string of the molecule is CC.CCN(CC)C(=O)C(C)/C=C/c1cccc2c1CC(C[C@H](C)N(C)C)=CN2C=O.CCOC. The molecule has 2 amide bonds. The Labute approximate surface area is 214 Å². The van der Waals surface area contributed by atoms with E-state index in [0.717, 1.165) is 55.8 Å². The molecule has 0 aliphatic carbocycles. The Bertz CT molecular complexity index is 811. The highest BCUT2D eigenvalue weighted by atomic mass is 16.5. The molecule has 6 heteroatoms. The van der Waals surface area contributed by atoms with Crippen molar-refractivity contribution in [3.05, 3.63) is 47.2 Å². The number of carbonyl (C=O) groups excluding carboxylic acids is 2. The predicted molar refractivity (Wildman–Crippen MR) is 150 cm³/mol. The minimum absolute atomic E-state index is 0.144. The van der Waals surface area contributed by atoms with Gasteiger partial charge in [0.15, 0.2) is 0 Å². The molecular formula is C29H49N3O3. The summed E-state index contributed by atoms with van der Waals surface area (Å²) in [5.41, 5.74) is 4.36. The summed E-state index contributed by atoms with van der Waals surface area (Å²) >= 11 is 0. The second-order valence-corrected chi connectivity index (χ2v) is 8.57. The molecule has 2 atom stereocenters. The molecule has 0 fully saturated rings. The molecule has 1 aromatic rings. The van der Waals surface area contributed by atoms with E-state index in [1.807, 2.05) is 76.9 Å². The number of nitrogens with zero attached hydrogens (tertiary/aromatic N) is 3. The van der Waals surface area contributed by atoms with Crippen LogP contribution < -0.4 is 4.90 Å². The number of hydrogen-bond acceptors (Lipinski definition) is 4. The van der Waals surface area contributed by atoms with Gasteiger partial charge in [0.1, 0.15) is 0 Å². The van der Waals surface area contributed by atoms with E-state index in [4.69, 9.17) is 0 Å². The first-order valence-electron chi connectivity index (χ1n) is 12.9. The third-order valence-corrected chi connectivity index (χ3v) is 6.06. The Hall–Kier alpha value is -2.44. The van der Waals surface area contributed by atoms with Gasteiger partial charge in [-0.15, -0.1) is 0 Å². The van der Waals surface area contributed by atoms with E-state index in [1.165, 1.54) is 5.57 Å². The van der Waals surface area contributed by atoms with E-state index in [9.17, 15) is 9.59 Å². The Morgan fingerprint density at radius 3 is 2.23 bits per heavy atom. The predicted octanol–water partition coefficient (Wildman–Crippen LogP) is 5.63. The normalized spacial score (nSPS) is 14.1. The summed E-state index contributed by atoms with van der Waals surface area (Å²) in [6, 6.07) is 6.40. The second kappa shape index (κ2) is 17.9. The van der Waals surface area contributed by atoms with E-state index >= 15 is 0 Å². The molecule has 1 aliphatic heterocycles. The third kappa shape index (κ3) is 10.4. The molecule has 2 rings (SSSR count). The number of rotatable bonds is 10. The minimum Gasteiger partial charge on any atom is -0.385 e. The Balaban J connectivity index is 0.00000174. The average Bonchev–Trinajstić information content (AvgIpc) is 2.88. The van der Waals surface area contributed by atoms with Crippen LogP contribution in [-0.4, -0.2) is 69.1 Å². The summed E-state index contributed by atoms with van der Waals surface area (Å²) in [5, 5.41) is 0. The van der Waals surface area contributed by atoms with Gasteiger partial charge in [0.2, 0.25) is 12.3 Å². The maximum atomic E-state index is 12.6. The van der Waals surface area contributed by atoms with Crippen LogP contribution in [0.5, 0.6) is 0 Å². The molecular weight excluding hydrogens is 438 g/mol. The van der Waals surface area contributed by atoms with Crippen LogP contribution in [-0.2, 0) is 20.7 Å². The van der Waals surface area contributed by atoms with Gasteiger partial charge in [-0.1, -0.05) is 45.1 Å². The first-order chi connectivity index (χ1) is 16.7. The van der Waals surface area contributed by atoms with Gasteiger partial charge in [-0.25, -0.2) is 0 Å². The van der Waals surface area contributed by atoms with Crippen LogP contribution in [0.1, 0.15) is 66.0 Å². The topological polar surface area (TPSA) is 53.1 Å². The quantitative estimate of drug-likeness (QED) is 0.402. The van der Waals surface area contributed by atoms with Crippen LogP contribution in [0.4, 0.5) is 5.69 Å². The molecule has 1 unspecified atom stereocenters. The van der Waals surface area contributed by atoms with Crippen LogP contribution in [0.15, 0.2) is 36.0 Å². The highest BCUT2D eigenvalue weighted by Crippen LogP contribution is 2.33. The molecule has 35 heavy (non-hydrogen) atoms. The van der Waals surface area contributed by atoms with Crippen LogP contribution in [0.25, 0.3) is 6.08 Å². The van der Waals surface area contributed by atoms with Crippen molar-refractivity contribution >= 4 is 24.1 Å². The zero-order valence-electron chi connectivity index (χ0n) is 23.8. The van der Waals surface area contributed by atoms with E-state index in [0.29, 0.717) is 6.04 Å². The molecule has 1 aromatic carbocycles.